The molecule has 2 heteroatoms. The Hall–Kier alpha value is -2.48. The van der Waals surface area contributed by atoms with Gasteiger partial charge in [0.15, 0.2) is 0 Å². The molecule has 178 valence electrons. The Bertz CT molecular complexity index is 935. The Balaban J connectivity index is 0.000000234. The molecule has 0 aliphatic heterocycles. The van der Waals surface area contributed by atoms with Crippen molar-refractivity contribution in [3.05, 3.63) is 76.4 Å². The van der Waals surface area contributed by atoms with Crippen molar-refractivity contribution in [3.8, 4) is 0 Å². The van der Waals surface area contributed by atoms with E-state index in [4.69, 9.17) is 0 Å². The highest BCUT2D eigenvalue weighted by molar-refractivity contribution is 5.81. The molecule has 1 aliphatic carbocycles. The smallest absolute Gasteiger partial charge is 0.150 e. The van der Waals surface area contributed by atoms with Crippen LogP contribution in [0.5, 0.6) is 0 Å². The molecule has 2 aromatic rings. The number of unbranched alkanes of at least 4 members (excludes halogenated alkanes) is 3. The maximum Gasteiger partial charge on any atom is 0.150 e. The van der Waals surface area contributed by atoms with Crippen LogP contribution in [-0.2, 0) is 15.6 Å². The Morgan fingerprint density at radius 2 is 1.61 bits per heavy atom. The van der Waals surface area contributed by atoms with E-state index in [-0.39, 0.29) is 10.8 Å². The fourth-order valence-electron chi connectivity index (χ4n) is 4.84. The van der Waals surface area contributed by atoms with Crippen LogP contribution in [0.25, 0.3) is 6.08 Å². The maximum atomic E-state index is 10.9. The third-order valence-electron chi connectivity index (χ3n) is 7.27. The molecule has 0 fully saturated rings. The molecule has 2 nitrogen and oxygen atoms in total. The molecular formula is C31H42O2. The predicted octanol–water partition coefficient (Wildman–Crippen LogP) is 8.33. The molecule has 0 bridgehead atoms. The topological polar surface area (TPSA) is 34.1 Å². The first kappa shape index (κ1) is 26.8. The summed E-state index contributed by atoms with van der Waals surface area (Å²) in [6.45, 7) is 13.7. The van der Waals surface area contributed by atoms with Gasteiger partial charge in [0.1, 0.15) is 12.6 Å². The Morgan fingerprint density at radius 1 is 0.909 bits per heavy atom. The summed E-state index contributed by atoms with van der Waals surface area (Å²) in [7, 11) is 0. The van der Waals surface area contributed by atoms with Crippen molar-refractivity contribution in [1.82, 2.24) is 0 Å². The van der Waals surface area contributed by atoms with E-state index in [1.54, 1.807) is 0 Å². The third kappa shape index (κ3) is 7.25. The molecule has 0 spiro atoms. The summed E-state index contributed by atoms with van der Waals surface area (Å²) < 4.78 is 0. The fourth-order valence-corrected chi connectivity index (χ4v) is 4.84. The molecule has 0 heterocycles. The standard InChI is InChI=1S/C16H22O.C15H20O/c1-11-9-15(2,3)13-7-6-12(10-17)8-14(13)16(11,4)5;1-2-3-4-6-11-15(13-16)12-14-9-7-5-8-10-14/h6-8,10-11H,9H2,1-5H3;5,7-10,12-13H,2-4,6,11H2,1H3/b;15-12+. The van der Waals surface area contributed by atoms with Crippen LogP contribution in [-0.4, -0.2) is 12.6 Å². The average Bonchev–Trinajstić information content (AvgIpc) is 2.80. The summed E-state index contributed by atoms with van der Waals surface area (Å²) >= 11 is 0. The molecule has 2 aromatic carbocycles. The quantitative estimate of drug-likeness (QED) is 0.232. The van der Waals surface area contributed by atoms with Gasteiger partial charge in [-0.25, -0.2) is 0 Å². The van der Waals surface area contributed by atoms with Gasteiger partial charge in [-0.05, 0) is 70.4 Å². The van der Waals surface area contributed by atoms with Crippen molar-refractivity contribution >= 4 is 18.6 Å². The van der Waals surface area contributed by atoms with E-state index in [2.05, 4.69) is 53.7 Å². The maximum absolute atomic E-state index is 10.9. The third-order valence-corrected chi connectivity index (χ3v) is 7.27. The van der Waals surface area contributed by atoms with Crippen LogP contribution in [0.4, 0.5) is 0 Å². The van der Waals surface area contributed by atoms with Gasteiger partial charge in [-0.2, -0.15) is 0 Å². The minimum absolute atomic E-state index is 0.157. The summed E-state index contributed by atoms with van der Waals surface area (Å²) in [6, 6.07) is 16.2. The lowest BCUT2D eigenvalue weighted by Crippen LogP contribution is -2.40. The summed E-state index contributed by atoms with van der Waals surface area (Å²) in [5, 5.41) is 0. The number of rotatable bonds is 8. The summed E-state index contributed by atoms with van der Waals surface area (Å²) in [4.78, 5) is 21.9. The zero-order valence-electron chi connectivity index (χ0n) is 21.5. The second kappa shape index (κ2) is 12.1. The highest BCUT2D eigenvalue weighted by Gasteiger charge is 2.41. The first-order valence-electron chi connectivity index (χ1n) is 12.5. The lowest BCUT2D eigenvalue weighted by molar-refractivity contribution is -0.105. The van der Waals surface area contributed by atoms with Crippen LogP contribution in [0, 0.1) is 5.92 Å². The zero-order chi connectivity index (χ0) is 24.5. The predicted molar refractivity (Wildman–Crippen MR) is 141 cm³/mol. The van der Waals surface area contributed by atoms with Crippen molar-refractivity contribution in [3.63, 3.8) is 0 Å². The molecule has 0 radical (unpaired) electrons. The van der Waals surface area contributed by atoms with Crippen molar-refractivity contribution in [1.29, 1.82) is 0 Å². The van der Waals surface area contributed by atoms with Crippen LogP contribution >= 0.6 is 0 Å². The second-order valence-electron chi connectivity index (χ2n) is 10.7. The first-order chi connectivity index (χ1) is 15.7. The molecular weight excluding hydrogens is 404 g/mol. The number of carbonyl (C=O) groups is 2. The Labute approximate surface area is 201 Å². The molecule has 33 heavy (non-hydrogen) atoms. The van der Waals surface area contributed by atoms with E-state index in [0.717, 1.165) is 42.1 Å². The van der Waals surface area contributed by atoms with Crippen molar-refractivity contribution < 1.29 is 9.59 Å². The van der Waals surface area contributed by atoms with Crippen LogP contribution < -0.4 is 0 Å². The van der Waals surface area contributed by atoms with E-state index < -0.39 is 0 Å². The molecule has 1 unspecified atom stereocenters. The molecule has 0 saturated carbocycles. The van der Waals surface area contributed by atoms with Gasteiger partial charge in [0.2, 0.25) is 0 Å². The van der Waals surface area contributed by atoms with Gasteiger partial charge in [0.05, 0.1) is 0 Å². The minimum Gasteiger partial charge on any atom is -0.298 e. The highest BCUT2D eigenvalue weighted by atomic mass is 16.1. The number of allylic oxidation sites excluding steroid dienone is 1. The van der Waals surface area contributed by atoms with E-state index in [9.17, 15) is 9.59 Å². The van der Waals surface area contributed by atoms with Crippen LogP contribution in [0.1, 0.15) is 107 Å². The lowest BCUT2D eigenvalue weighted by atomic mass is 9.58. The monoisotopic (exact) mass is 446 g/mol. The molecule has 3 rings (SSSR count). The SMILES string of the molecule is CC1CC(C)(C)c2ccc(C=O)cc2C1(C)C.CCCCCC/C(C=O)=C\c1ccccc1. The number of aldehydes is 2. The van der Waals surface area contributed by atoms with Gasteiger partial charge in [-0.15, -0.1) is 0 Å². The Kier molecular flexibility index (Phi) is 9.83. The van der Waals surface area contributed by atoms with Gasteiger partial charge in [0, 0.05) is 5.56 Å². The first-order valence-corrected chi connectivity index (χ1v) is 12.5. The van der Waals surface area contributed by atoms with E-state index in [0.29, 0.717) is 5.92 Å². The molecule has 1 atom stereocenters. The average molecular weight is 447 g/mol. The van der Waals surface area contributed by atoms with Crippen molar-refractivity contribution in [2.75, 3.05) is 0 Å². The largest absolute Gasteiger partial charge is 0.298 e. The summed E-state index contributed by atoms with van der Waals surface area (Å²) in [6.07, 6.45) is 10.9. The molecule has 1 aliphatic rings. The van der Waals surface area contributed by atoms with E-state index in [1.165, 1.54) is 36.8 Å². The van der Waals surface area contributed by atoms with Crippen molar-refractivity contribution in [2.45, 2.75) is 90.9 Å². The number of hydrogen-bond donors (Lipinski definition) is 0. The van der Waals surface area contributed by atoms with Crippen LogP contribution in [0.15, 0.2) is 54.1 Å². The Morgan fingerprint density at radius 3 is 2.21 bits per heavy atom. The van der Waals surface area contributed by atoms with Gasteiger partial charge < -0.3 is 0 Å². The second-order valence-corrected chi connectivity index (χ2v) is 10.7. The normalized spacial score (nSPS) is 18.5. The van der Waals surface area contributed by atoms with Gasteiger partial charge in [-0.1, -0.05) is 103 Å². The molecule has 0 amide bonds. The van der Waals surface area contributed by atoms with Gasteiger partial charge in [0.25, 0.3) is 0 Å². The summed E-state index contributed by atoms with van der Waals surface area (Å²) in [5.74, 6) is 0.631. The molecule has 0 N–H and O–H groups in total. The van der Waals surface area contributed by atoms with Gasteiger partial charge in [-0.3, -0.25) is 9.59 Å². The number of hydrogen-bond acceptors (Lipinski definition) is 2. The van der Waals surface area contributed by atoms with E-state index in [1.807, 2.05) is 42.5 Å². The van der Waals surface area contributed by atoms with Crippen LogP contribution in [0.3, 0.4) is 0 Å². The van der Waals surface area contributed by atoms with Crippen LogP contribution in [0.2, 0.25) is 0 Å². The number of carbonyl (C=O) groups excluding carboxylic acids is 2. The fraction of sp³-hybridized carbons (Fsp3) is 0.484. The molecule has 0 aromatic heterocycles. The number of benzene rings is 2. The zero-order valence-corrected chi connectivity index (χ0v) is 21.5. The summed E-state index contributed by atoms with van der Waals surface area (Å²) in [5.41, 5.74) is 5.94. The van der Waals surface area contributed by atoms with Crippen molar-refractivity contribution in [2.24, 2.45) is 5.92 Å². The lowest BCUT2D eigenvalue weighted by Gasteiger charge is -2.46. The highest BCUT2D eigenvalue weighted by Crippen LogP contribution is 2.49. The van der Waals surface area contributed by atoms with Gasteiger partial charge >= 0.3 is 0 Å². The van der Waals surface area contributed by atoms with E-state index >= 15 is 0 Å². The number of fused-ring (bicyclic) bond motifs is 1. The molecule has 0 saturated heterocycles. The minimum atomic E-state index is 0.157.